The predicted octanol–water partition coefficient (Wildman–Crippen LogP) is 2.49. The summed E-state index contributed by atoms with van der Waals surface area (Å²) in [5.74, 6) is 0. The fraction of sp³-hybridized carbons (Fsp3) is 0.200. The lowest BCUT2D eigenvalue weighted by molar-refractivity contribution is 1.04. The number of aromatic nitrogens is 1. The fourth-order valence-corrected chi connectivity index (χ4v) is 0.887. The summed E-state index contributed by atoms with van der Waals surface area (Å²) in [6.45, 7) is 5.69. The van der Waals surface area contributed by atoms with Gasteiger partial charge < -0.3 is 0 Å². The topological polar surface area (TPSA) is 12.9 Å². The van der Waals surface area contributed by atoms with Crippen molar-refractivity contribution in [3.8, 4) is 0 Å². The molecule has 0 unspecified atom stereocenters. The van der Waals surface area contributed by atoms with Crippen LogP contribution in [-0.4, -0.2) is 4.98 Å². The van der Waals surface area contributed by atoms with Gasteiger partial charge in [0.05, 0.1) is 0 Å². The maximum atomic E-state index is 4.24. The quantitative estimate of drug-likeness (QED) is 0.638. The Morgan fingerprint density at radius 2 is 2.36 bits per heavy atom. The fourth-order valence-electron chi connectivity index (χ4n) is 0.887. The summed E-state index contributed by atoms with van der Waals surface area (Å²) >= 11 is 0. The second-order valence-corrected chi connectivity index (χ2v) is 2.40. The van der Waals surface area contributed by atoms with Gasteiger partial charge in [0.1, 0.15) is 0 Å². The number of pyridine rings is 1. The molecule has 0 saturated carbocycles. The SMILES string of the molecule is C=Cc1ccc(C[CH]C)nc1. The standard InChI is InChI=1S/C10H12N/c1-3-5-10-7-6-9(4-2)8-11-10/h3-4,6-8H,2,5H2,1H3. The van der Waals surface area contributed by atoms with Crippen molar-refractivity contribution in [1.29, 1.82) is 0 Å². The minimum atomic E-state index is 0.942. The molecule has 0 N–H and O–H groups in total. The number of hydrogen-bond donors (Lipinski definition) is 0. The number of rotatable bonds is 3. The van der Waals surface area contributed by atoms with Crippen LogP contribution in [0.15, 0.2) is 24.9 Å². The Kier molecular flexibility index (Phi) is 2.84. The molecule has 0 spiro atoms. The van der Waals surface area contributed by atoms with Gasteiger partial charge in [-0.2, -0.15) is 0 Å². The normalized spacial score (nSPS) is 9.55. The van der Waals surface area contributed by atoms with Crippen molar-refractivity contribution in [2.45, 2.75) is 13.3 Å². The van der Waals surface area contributed by atoms with Crippen LogP contribution in [0, 0.1) is 6.42 Å². The minimum Gasteiger partial charge on any atom is -0.261 e. The van der Waals surface area contributed by atoms with Gasteiger partial charge in [-0.05, 0) is 24.5 Å². The van der Waals surface area contributed by atoms with E-state index in [1.54, 1.807) is 6.08 Å². The maximum Gasteiger partial charge on any atom is 0.0406 e. The third-order valence-corrected chi connectivity index (χ3v) is 1.50. The van der Waals surface area contributed by atoms with Gasteiger partial charge in [-0.3, -0.25) is 4.98 Å². The van der Waals surface area contributed by atoms with Gasteiger partial charge in [-0.1, -0.05) is 25.6 Å². The van der Waals surface area contributed by atoms with Crippen molar-refractivity contribution in [3.63, 3.8) is 0 Å². The van der Waals surface area contributed by atoms with Gasteiger partial charge in [-0.15, -0.1) is 0 Å². The summed E-state index contributed by atoms with van der Waals surface area (Å²) in [7, 11) is 0. The Labute approximate surface area is 67.8 Å². The van der Waals surface area contributed by atoms with Gasteiger partial charge in [-0.25, -0.2) is 0 Å². The van der Waals surface area contributed by atoms with Crippen LogP contribution in [0.2, 0.25) is 0 Å². The van der Waals surface area contributed by atoms with Crippen LogP contribution in [0.1, 0.15) is 18.2 Å². The van der Waals surface area contributed by atoms with Crippen LogP contribution >= 0.6 is 0 Å². The van der Waals surface area contributed by atoms with Crippen LogP contribution in [0.4, 0.5) is 0 Å². The molecule has 0 amide bonds. The molecular formula is C10H12N. The highest BCUT2D eigenvalue weighted by Gasteiger charge is 1.90. The molecule has 0 aliphatic rings. The lowest BCUT2D eigenvalue weighted by atomic mass is 10.2. The zero-order chi connectivity index (χ0) is 8.10. The number of hydrogen-bond acceptors (Lipinski definition) is 1. The van der Waals surface area contributed by atoms with E-state index in [1.807, 2.05) is 25.3 Å². The van der Waals surface area contributed by atoms with Crippen LogP contribution in [0.25, 0.3) is 6.08 Å². The van der Waals surface area contributed by atoms with Gasteiger partial charge in [0.25, 0.3) is 0 Å². The van der Waals surface area contributed by atoms with Crippen molar-refractivity contribution in [3.05, 3.63) is 42.6 Å². The zero-order valence-electron chi connectivity index (χ0n) is 6.75. The molecule has 0 aromatic carbocycles. The van der Waals surface area contributed by atoms with Crippen molar-refractivity contribution >= 4 is 6.08 Å². The molecule has 0 saturated heterocycles. The first-order valence-electron chi connectivity index (χ1n) is 3.72. The van der Waals surface area contributed by atoms with E-state index in [2.05, 4.69) is 18.0 Å². The highest BCUT2D eigenvalue weighted by atomic mass is 14.7. The average molecular weight is 146 g/mol. The van der Waals surface area contributed by atoms with Crippen LogP contribution in [0.3, 0.4) is 0 Å². The summed E-state index contributed by atoms with van der Waals surface area (Å²) in [6.07, 6.45) is 6.67. The molecule has 1 radical (unpaired) electrons. The molecule has 0 fully saturated rings. The molecule has 1 heterocycles. The van der Waals surface area contributed by atoms with Gasteiger partial charge >= 0.3 is 0 Å². The summed E-state index contributed by atoms with van der Waals surface area (Å²) in [6, 6.07) is 4.05. The molecule has 1 heteroatoms. The minimum absolute atomic E-state index is 0.942. The highest BCUT2D eigenvalue weighted by Crippen LogP contribution is 2.02. The Hall–Kier alpha value is -1.11. The van der Waals surface area contributed by atoms with E-state index in [0.29, 0.717) is 0 Å². The van der Waals surface area contributed by atoms with E-state index >= 15 is 0 Å². The smallest absolute Gasteiger partial charge is 0.0406 e. The summed E-state index contributed by atoms with van der Waals surface area (Å²) < 4.78 is 0. The van der Waals surface area contributed by atoms with Crippen LogP contribution in [-0.2, 0) is 6.42 Å². The monoisotopic (exact) mass is 146 g/mol. The molecule has 1 aromatic heterocycles. The third kappa shape index (κ3) is 2.19. The molecule has 57 valence electrons. The van der Waals surface area contributed by atoms with E-state index in [0.717, 1.165) is 17.7 Å². The van der Waals surface area contributed by atoms with Crippen LogP contribution < -0.4 is 0 Å². The van der Waals surface area contributed by atoms with Gasteiger partial charge in [0.2, 0.25) is 0 Å². The Balaban J connectivity index is 2.74. The molecule has 1 rings (SSSR count). The van der Waals surface area contributed by atoms with E-state index in [1.165, 1.54) is 0 Å². The molecule has 0 bridgehead atoms. The van der Waals surface area contributed by atoms with Crippen LogP contribution in [0.5, 0.6) is 0 Å². The third-order valence-electron chi connectivity index (χ3n) is 1.50. The molecule has 0 atom stereocenters. The molecule has 1 aromatic rings. The zero-order valence-corrected chi connectivity index (χ0v) is 6.75. The maximum absolute atomic E-state index is 4.24. The van der Waals surface area contributed by atoms with Crippen molar-refractivity contribution in [2.24, 2.45) is 0 Å². The molecular weight excluding hydrogens is 134 g/mol. The summed E-state index contributed by atoms with van der Waals surface area (Å²) in [5.41, 5.74) is 2.18. The first-order chi connectivity index (χ1) is 5.36. The Bertz CT molecular complexity index is 223. The van der Waals surface area contributed by atoms with Gasteiger partial charge in [0.15, 0.2) is 0 Å². The predicted molar refractivity (Wildman–Crippen MR) is 48.0 cm³/mol. The van der Waals surface area contributed by atoms with E-state index in [4.69, 9.17) is 0 Å². The largest absolute Gasteiger partial charge is 0.261 e. The lowest BCUT2D eigenvalue weighted by Gasteiger charge is -1.96. The first-order valence-corrected chi connectivity index (χ1v) is 3.72. The van der Waals surface area contributed by atoms with Crippen molar-refractivity contribution in [2.75, 3.05) is 0 Å². The first kappa shape index (κ1) is 7.99. The average Bonchev–Trinajstić information content (AvgIpc) is 2.07. The lowest BCUT2D eigenvalue weighted by Crippen LogP contribution is -1.88. The van der Waals surface area contributed by atoms with Crippen molar-refractivity contribution < 1.29 is 0 Å². The second-order valence-electron chi connectivity index (χ2n) is 2.40. The Morgan fingerprint density at radius 3 is 2.82 bits per heavy atom. The van der Waals surface area contributed by atoms with E-state index in [9.17, 15) is 0 Å². The molecule has 0 aliphatic heterocycles. The summed E-state index contributed by atoms with van der Waals surface area (Å²) in [5, 5.41) is 0. The van der Waals surface area contributed by atoms with Crippen molar-refractivity contribution in [1.82, 2.24) is 4.98 Å². The van der Waals surface area contributed by atoms with Gasteiger partial charge in [0, 0.05) is 11.9 Å². The molecule has 11 heavy (non-hydrogen) atoms. The highest BCUT2D eigenvalue weighted by molar-refractivity contribution is 5.44. The van der Waals surface area contributed by atoms with E-state index < -0.39 is 0 Å². The summed E-state index contributed by atoms with van der Waals surface area (Å²) in [4.78, 5) is 4.24. The van der Waals surface area contributed by atoms with E-state index in [-0.39, 0.29) is 0 Å². The Morgan fingerprint density at radius 1 is 1.55 bits per heavy atom. The second kappa shape index (κ2) is 3.91. The molecule has 1 nitrogen and oxygen atoms in total. The molecule has 0 aliphatic carbocycles. The number of nitrogens with zero attached hydrogens (tertiary/aromatic N) is 1.